The van der Waals surface area contributed by atoms with E-state index in [2.05, 4.69) is 56.2 Å². The highest BCUT2D eigenvalue weighted by Gasteiger charge is 2.16. The fourth-order valence-corrected chi connectivity index (χ4v) is 3.38. The zero-order chi connectivity index (χ0) is 20.3. The van der Waals surface area contributed by atoms with Crippen molar-refractivity contribution in [3.63, 3.8) is 0 Å². The van der Waals surface area contributed by atoms with Gasteiger partial charge in [0.15, 0.2) is 0 Å². The quantitative estimate of drug-likeness (QED) is 0.678. The predicted octanol–water partition coefficient (Wildman–Crippen LogP) is 4.75. The molecule has 1 aromatic heterocycles. The number of benzene rings is 2. The van der Waals surface area contributed by atoms with E-state index < -0.39 is 0 Å². The van der Waals surface area contributed by atoms with Gasteiger partial charge < -0.3 is 10.3 Å². The topological polar surface area (TPSA) is 62.0 Å². The van der Waals surface area contributed by atoms with Crippen LogP contribution in [-0.2, 0) is 6.42 Å². The molecule has 1 aliphatic rings. The van der Waals surface area contributed by atoms with Crippen LogP contribution in [0, 0.1) is 0 Å². The van der Waals surface area contributed by atoms with Crippen LogP contribution in [0.2, 0.25) is 0 Å². The van der Waals surface area contributed by atoms with Crippen molar-refractivity contribution in [3.8, 4) is 0 Å². The van der Waals surface area contributed by atoms with E-state index in [4.69, 9.17) is 0 Å². The molecule has 0 unspecified atom stereocenters. The Morgan fingerprint density at radius 2 is 1.54 bits per heavy atom. The highest BCUT2D eigenvalue weighted by atomic mass is 16.1. The molecule has 0 spiro atoms. The first-order valence-electron chi connectivity index (χ1n) is 9.89. The largest absolute Gasteiger partial charge is 0.352 e. The minimum absolute atomic E-state index is 0.0159. The van der Waals surface area contributed by atoms with Crippen LogP contribution >= 0.6 is 0 Å². The van der Waals surface area contributed by atoms with E-state index in [9.17, 15) is 9.59 Å². The summed E-state index contributed by atoms with van der Waals surface area (Å²) < 4.78 is 0. The summed E-state index contributed by atoms with van der Waals surface area (Å²) in [4.78, 5) is 25.5. The van der Waals surface area contributed by atoms with Gasteiger partial charge in [-0.05, 0) is 58.5 Å². The Labute approximate surface area is 166 Å². The lowest BCUT2D eigenvalue weighted by atomic mass is 9.94. The number of hydrogen-bond acceptors (Lipinski definition) is 2. The van der Waals surface area contributed by atoms with Gasteiger partial charge >= 0.3 is 0 Å². The van der Waals surface area contributed by atoms with Crippen LogP contribution in [0.25, 0.3) is 10.8 Å². The molecule has 1 aliphatic heterocycles. The summed E-state index contributed by atoms with van der Waals surface area (Å²) in [5, 5.41) is 4.62. The summed E-state index contributed by atoms with van der Waals surface area (Å²) in [6.45, 7) is 9.41. The molecule has 2 N–H and O–H groups in total. The van der Waals surface area contributed by atoms with Gasteiger partial charge in [-0.3, -0.25) is 9.59 Å². The predicted molar refractivity (Wildman–Crippen MR) is 115 cm³/mol. The Morgan fingerprint density at radius 3 is 2.25 bits per heavy atom. The van der Waals surface area contributed by atoms with E-state index in [-0.39, 0.29) is 11.5 Å². The third-order valence-electron chi connectivity index (χ3n) is 5.18. The van der Waals surface area contributed by atoms with Gasteiger partial charge in [0.2, 0.25) is 0 Å². The molecule has 0 atom stereocenters. The fraction of sp³-hybridized carbons (Fsp3) is 0.333. The fourth-order valence-electron chi connectivity index (χ4n) is 3.38. The number of nitrogens with one attached hydrogen (secondary N) is 2. The highest BCUT2D eigenvalue weighted by molar-refractivity contribution is 5.96. The number of aromatic nitrogens is 1. The molecule has 146 valence electrons. The Bertz CT molecular complexity index is 1050. The number of hydrogen-bond donors (Lipinski definition) is 2. The lowest BCUT2D eigenvalue weighted by Crippen LogP contribution is -2.31. The van der Waals surface area contributed by atoms with Crippen LogP contribution in [-0.4, -0.2) is 17.4 Å². The molecular formula is C24H28N2O2. The lowest BCUT2D eigenvalue weighted by Gasteiger charge is -2.18. The summed E-state index contributed by atoms with van der Waals surface area (Å²) in [5.74, 6) is 1.10. The first-order chi connectivity index (χ1) is 13.4. The van der Waals surface area contributed by atoms with Gasteiger partial charge in [0.05, 0.1) is 0 Å². The molecule has 0 aliphatic carbocycles. The van der Waals surface area contributed by atoms with Gasteiger partial charge in [-0.15, -0.1) is 0 Å². The van der Waals surface area contributed by atoms with Gasteiger partial charge in [-0.1, -0.05) is 52.0 Å². The molecule has 2 heterocycles. The van der Waals surface area contributed by atoms with Crippen molar-refractivity contribution in [3.05, 3.63) is 81.3 Å². The van der Waals surface area contributed by atoms with Crippen molar-refractivity contribution in [1.29, 1.82) is 0 Å². The van der Waals surface area contributed by atoms with E-state index in [1.165, 1.54) is 16.7 Å². The molecule has 3 aromatic rings. The average molecular weight is 377 g/mol. The molecule has 4 rings (SSSR count). The molecule has 0 fully saturated rings. The number of fused-ring (bicyclic) bond motifs is 2. The Hall–Kier alpha value is -2.88. The monoisotopic (exact) mass is 376 g/mol. The number of pyridine rings is 1. The molecule has 0 saturated carbocycles. The zero-order valence-electron chi connectivity index (χ0n) is 17.0. The zero-order valence-corrected chi connectivity index (χ0v) is 17.0. The molecule has 28 heavy (non-hydrogen) atoms. The van der Waals surface area contributed by atoms with Gasteiger partial charge in [-0.25, -0.2) is 0 Å². The third kappa shape index (κ3) is 4.33. The summed E-state index contributed by atoms with van der Waals surface area (Å²) >= 11 is 0. The summed E-state index contributed by atoms with van der Waals surface area (Å²) in [5.41, 5.74) is 4.61. The van der Waals surface area contributed by atoms with Crippen molar-refractivity contribution in [2.45, 2.75) is 46.0 Å². The van der Waals surface area contributed by atoms with Crippen LogP contribution in [0.1, 0.15) is 66.6 Å². The maximum atomic E-state index is 11.5. The van der Waals surface area contributed by atoms with E-state index in [0.29, 0.717) is 11.8 Å². The Morgan fingerprint density at radius 1 is 0.857 bits per heavy atom. The van der Waals surface area contributed by atoms with E-state index in [1.807, 2.05) is 24.3 Å². The summed E-state index contributed by atoms with van der Waals surface area (Å²) in [6.07, 6.45) is 2.65. The van der Waals surface area contributed by atoms with Gasteiger partial charge in [0.1, 0.15) is 0 Å². The molecule has 1 amide bonds. The first-order valence-corrected chi connectivity index (χ1v) is 9.89. The molecule has 0 bridgehead atoms. The van der Waals surface area contributed by atoms with Crippen molar-refractivity contribution in [2.24, 2.45) is 0 Å². The number of aromatic amines is 1. The maximum absolute atomic E-state index is 11.5. The van der Waals surface area contributed by atoms with Crippen LogP contribution in [0.4, 0.5) is 0 Å². The first kappa shape index (κ1) is 19.9. The van der Waals surface area contributed by atoms with Gasteiger partial charge in [-0.2, -0.15) is 0 Å². The second-order valence-corrected chi connectivity index (χ2v) is 7.89. The Kier molecular flexibility index (Phi) is 5.98. The molecular weight excluding hydrogens is 348 g/mol. The van der Waals surface area contributed by atoms with Crippen LogP contribution in [0.15, 0.2) is 53.5 Å². The minimum Gasteiger partial charge on any atom is -0.352 e. The normalized spacial score (nSPS) is 13.1. The van der Waals surface area contributed by atoms with Crippen molar-refractivity contribution < 1.29 is 4.79 Å². The van der Waals surface area contributed by atoms with Crippen molar-refractivity contribution >= 4 is 16.7 Å². The number of H-pyrrole nitrogens is 1. The van der Waals surface area contributed by atoms with E-state index >= 15 is 0 Å². The number of carbonyl (C=O) groups is 1. The molecule has 4 heteroatoms. The van der Waals surface area contributed by atoms with Gasteiger partial charge in [0.25, 0.3) is 11.5 Å². The smallest absolute Gasteiger partial charge is 0.255 e. The molecule has 4 nitrogen and oxygen atoms in total. The third-order valence-corrected chi connectivity index (χ3v) is 5.18. The maximum Gasteiger partial charge on any atom is 0.255 e. The number of amides is 1. The SMILES string of the molecule is CC(C)c1ccc2c(=O)[nH]ccc2c1.CC(C)c1ccc2c(c1)CCNC2=O. The summed E-state index contributed by atoms with van der Waals surface area (Å²) in [7, 11) is 0. The Balaban J connectivity index is 0.000000161. The highest BCUT2D eigenvalue weighted by Crippen LogP contribution is 2.21. The average Bonchev–Trinajstić information content (AvgIpc) is 2.68. The minimum atomic E-state index is -0.0159. The molecule has 0 radical (unpaired) electrons. The second kappa shape index (κ2) is 8.42. The van der Waals surface area contributed by atoms with E-state index in [1.54, 1.807) is 6.20 Å². The van der Waals surface area contributed by atoms with Crippen LogP contribution < -0.4 is 10.9 Å². The number of rotatable bonds is 2. The summed E-state index contributed by atoms with van der Waals surface area (Å²) in [6, 6.07) is 14.1. The second-order valence-electron chi connectivity index (χ2n) is 7.89. The van der Waals surface area contributed by atoms with Gasteiger partial charge in [0, 0.05) is 23.7 Å². The lowest BCUT2D eigenvalue weighted by molar-refractivity contribution is 0.0946. The molecule has 2 aromatic carbocycles. The van der Waals surface area contributed by atoms with Crippen molar-refractivity contribution in [2.75, 3.05) is 6.54 Å². The van der Waals surface area contributed by atoms with Crippen LogP contribution in [0.3, 0.4) is 0 Å². The van der Waals surface area contributed by atoms with E-state index in [0.717, 1.165) is 29.3 Å². The number of carbonyl (C=O) groups excluding carboxylic acids is 1. The standard InChI is InChI=1S/C12H15NO.C12H13NO/c2*1-8(2)9-3-4-11-10(7-9)5-6-13-12(11)14/h3-4,7-8H,5-6H2,1-2H3,(H,13,14);3-8H,1-2H3,(H,13,14). The molecule has 0 saturated heterocycles. The van der Waals surface area contributed by atoms with Crippen molar-refractivity contribution in [1.82, 2.24) is 10.3 Å². The van der Waals surface area contributed by atoms with Crippen LogP contribution in [0.5, 0.6) is 0 Å².